The summed E-state index contributed by atoms with van der Waals surface area (Å²) in [4.78, 5) is 11.6. The minimum atomic E-state index is -1.10. The zero-order chi connectivity index (χ0) is 14.4. The maximum absolute atomic E-state index is 11.6. The van der Waals surface area contributed by atoms with Gasteiger partial charge in [-0.25, -0.2) is 0 Å². The standard InChI is InChI=1S/C13H10ClN3O2/c1-8(17)10(6-16)12(18)7-19-13-3-2-9(5-15)4-11(13)14/h2-4,10,17H,7H2,1H3. The first-order valence-corrected chi connectivity index (χ1v) is 5.67. The molecule has 0 saturated carbocycles. The van der Waals surface area contributed by atoms with E-state index in [1.54, 1.807) is 6.07 Å². The van der Waals surface area contributed by atoms with E-state index in [1.807, 2.05) is 6.07 Å². The summed E-state index contributed by atoms with van der Waals surface area (Å²) < 4.78 is 5.19. The van der Waals surface area contributed by atoms with Gasteiger partial charge in [0.1, 0.15) is 18.3 Å². The van der Waals surface area contributed by atoms with Crippen molar-refractivity contribution in [2.24, 2.45) is 5.92 Å². The van der Waals surface area contributed by atoms with E-state index in [0.717, 1.165) is 0 Å². The van der Waals surface area contributed by atoms with Gasteiger partial charge in [-0.3, -0.25) is 4.79 Å². The summed E-state index contributed by atoms with van der Waals surface area (Å²) in [7, 11) is 0. The predicted octanol–water partition coefficient (Wildman–Crippen LogP) is 2.34. The molecule has 5 nitrogen and oxygen atoms in total. The fourth-order valence-corrected chi connectivity index (χ4v) is 1.57. The Balaban J connectivity index is 2.73. The third-order valence-corrected chi connectivity index (χ3v) is 2.61. The number of Topliss-reactive ketones (excluding diaryl/α,β-unsaturated/α-hetero) is 1. The molecule has 0 heterocycles. The minimum absolute atomic E-state index is 0.0259. The number of ether oxygens (including phenoxy) is 1. The number of rotatable bonds is 5. The monoisotopic (exact) mass is 275 g/mol. The molecule has 1 atom stereocenters. The molecule has 19 heavy (non-hydrogen) atoms. The highest BCUT2D eigenvalue weighted by Gasteiger charge is 2.20. The summed E-state index contributed by atoms with van der Waals surface area (Å²) in [6, 6.07) is 8.07. The van der Waals surface area contributed by atoms with Crippen LogP contribution in [0, 0.1) is 34.0 Å². The first-order valence-electron chi connectivity index (χ1n) is 5.29. The van der Waals surface area contributed by atoms with E-state index in [-0.39, 0.29) is 23.1 Å². The molecular weight excluding hydrogens is 266 g/mol. The van der Waals surface area contributed by atoms with Crippen molar-refractivity contribution in [1.82, 2.24) is 0 Å². The van der Waals surface area contributed by atoms with E-state index in [9.17, 15) is 4.79 Å². The fourth-order valence-electron chi connectivity index (χ4n) is 1.33. The Morgan fingerprint density at radius 3 is 2.68 bits per heavy atom. The molecule has 1 aromatic carbocycles. The van der Waals surface area contributed by atoms with E-state index in [2.05, 4.69) is 0 Å². The van der Waals surface area contributed by atoms with Crippen molar-refractivity contribution in [2.75, 3.05) is 6.61 Å². The lowest BCUT2D eigenvalue weighted by atomic mass is 10.0. The van der Waals surface area contributed by atoms with E-state index in [0.29, 0.717) is 5.56 Å². The smallest absolute Gasteiger partial charge is 0.192 e. The van der Waals surface area contributed by atoms with Gasteiger partial charge in [0.2, 0.25) is 0 Å². The summed E-state index contributed by atoms with van der Waals surface area (Å²) >= 11 is 5.87. The van der Waals surface area contributed by atoms with Gasteiger partial charge >= 0.3 is 0 Å². The lowest BCUT2D eigenvalue weighted by Gasteiger charge is -2.09. The Morgan fingerprint density at radius 1 is 1.53 bits per heavy atom. The summed E-state index contributed by atoms with van der Waals surface area (Å²) in [5.41, 5.74) is 0.357. The van der Waals surface area contributed by atoms with Crippen LogP contribution in [-0.4, -0.2) is 18.1 Å². The summed E-state index contributed by atoms with van der Waals surface area (Å²) in [6.45, 7) is 1.04. The molecule has 1 N–H and O–H groups in total. The second-order valence-electron chi connectivity index (χ2n) is 3.76. The molecule has 0 aliphatic carbocycles. The average Bonchev–Trinajstić information content (AvgIpc) is 2.37. The number of carbonyl (C=O) groups excluding carboxylic acids is 1. The van der Waals surface area contributed by atoms with Crippen molar-refractivity contribution < 1.29 is 9.53 Å². The number of hydrogen-bond acceptors (Lipinski definition) is 5. The summed E-state index contributed by atoms with van der Waals surface area (Å²) in [5.74, 6) is -1.35. The van der Waals surface area contributed by atoms with Gasteiger partial charge in [-0.2, -0.15) is 10.5 Å². The van der Waals surface area contributed by atoms with E-state index in [4.69, 9.17) is 32.3 Å². The Bertz CT molecular complexity index is 599. The molecule has 0 bridgehead atoms. The molecule has 1 unspecified atom stereocenters. The van der Waals surface area contributed by atoms with Crippen LogP contribution in [0.4, 0.5) is 0 Å². The largest absolute Gasteiger partial charge is 0.484 e. The van der Waals surface area contributed by atoms with Crippen LogP contribution in [0.5, 0.6) is 5.75 Å². The van der Waals surface area contributed by atoms with Gasteiger partial charge in [0.25, 0.3) is 0 Å². The van der Waals surface area contributed by atoms with Crippen molar-refractivity contribution in [3.05, 3.63) is 28.8 Å². The van der Waals surface area contributed by atoms with E-state index in [1.165, 1.54) is 25.1 Å². The number of carbonyl (C=O) groups is 1. The van der Waals surface area contributed by atoms with Crippen molar-refractivity contribution in [3.8, 4) is 17.9 Å². The van der Waals surface area contributed by atoms with Gasteiger partial charge in [-0.1, -0.05) is 11.6 Å². The van der Waals surface area contributed by atoms with E-state index >= 15 is 0 Å². The molecular formula is C13H10ClN3O2. The van der Waals surface area contributed by atoms with Gasteiger partial charge in [-0.05, 0) is 25.1 Å². The molecule has 0 aliphatic heterocycles. The number of ketones is 1. The van der Waals surface area contributed by atoms with Crippen LogP contribution in [0.15, 0.2) is 18.2 Å². The highest BCUT2D eigenvalue weighted by Crippen LogP contribution is 2.25. The normalized spacial score (nSPS) is 10.9. The Hall–Kier alpha value is -2.37. The highest BCUT2D eigenvalue weighted by atomic mass is 35.5. The Morgan fingerprint density at radius 2 is 2.21 bits per heavy atom. The lowest BCUT2D eigenvalue weighted by molar-refractivity contribution is -0.121. The van der Waals surface area contributed by atoms with Crippen molar-refractivity contribution in [2.45, 2.75) is 6.92 Å². The molecule has 1 rings (SSSR count). The van der Waals surface area contributed by atoms with Gasteiger partial charge < -0.3 is 10.1 Å². The third kappa shape index (κ3) is 3.80. The number of nitriles is 2. The topological polar surface area (TPSA) is 97.7 Å². The average molecular weight is 276 g/mol. The van der Waals surface area contributed by atoms with Crippen LogP contribution in [0.25, 0.3) is 0 Å². The van der Waals surface area contributed by atoms with Crippen LogP contribution in [0.3, 0.4) is 0 Å². The first-order chi connectivity index (χ1) is 8.99. The number of nitrogens with one attached hydrogen (secondary N) is 1. The molecule has 0 aromatic heterocycles. The van der Waals surface area contributed by atoms with Crippen LogP contribution in [-0.2, 0) is 4.79 Å². The van der Waals surface area contributed by atoms with Crippen LogP contribution >= 0.6 is 11.6 Å². The molecule has 0 aliphatic rings. The third-order valence-electron chi connectivity index (χ3n) is 2.31. The maximum Gasteiger partial charge on any atom is 0.192 e. The Labute approximate surface area is 115 Å². The zero-order valence-corrected chi connectivity index (χ0v) is 10.9. The second-order valence-corrected chi connectivity index (χ2v) is 4.16. The van der Waals surface area contributed by atoms with Gasteiger partial charge in [-0.15, -0.1) is 0 Å². The molecule has 96 valence electrons. The first kappa shape index (κ1) is 14.7. The number of benzene rings is 1. The molecule has 0 spiro atoms. The second kappa shape index (κ2) is 6.53. The molecule has 1 aromatic rings. The Kier molecular flexibility index (Phi) is 5.05. The van der Waals surface area contributed by atoms with Gasteiger partial charge in [0, 0.05) is 5.71 Å². The van der Waals surface area contributed by atoms with Crippen molar-refractivity contribution >= 4 is 23.1 Å². The maximum atomic E-state index is 11.6. The highest BCUT2D eigenvalue weighted by molar-refractivity contribution is 6.32. The lowest BCUT2D eigenvalue weighted by Crippen LogP contribution is -2.25. The SMILES string of the molecule is CC(=N)C(C#N)C(=O)COc1ccc(C#N)cc1Cl. The fraction of sp³-hybridized carbons (Fsp3) is 0.231. The number of halogens is 1. The quantitative estimate of drug-likeness (QED) is 0.834. The van der Waals surface area contributed by atoms with E-state index < -0.39 is 11.7 Å². The van der Waals surface area contributed by atoms with Crippen molar-refractivity contribution in [3.63, 3.8) is 0 Å². The number of nitrogens with zero attached hydrogens (tertiary/aromatic N) is 2. The zero-order valence-electron chi connectivity index (χ0n) is 10.1. The molecule has 6 heteroatoms. The van der Waals surface area contributed by atoms with Crippen LogP contribution in [0.1, 0.15) is 12.5 Å². The molecule has 0 radical (unpaired) electrons. The van der Waals surface area contributed by atoms with Crippen molar-refractivity contribution in [1.29, 1.82) is 15.9 Å². The molecule has 0 amide bonds. The molecule has 0 fully saturated rings. The molecule has 0 saturated heterocycles. The minimum Gasteiger partial charge on any atom is -0.484 e. The summed E-state index contributed by atoms with van der Waals surface area (Å²) in [6.07, 6.45) is 0. The predicted molar refractivity (Wildman–Crippen MR) is 69.2 cm³/mol. The van der Waals surface area contributed by atoms with Gasteiger partial charge in [0.05, 0.1) is 22.7 Å². The summed E-state index contributed by atoms with van der Waals surface area (Å²) in [5, 5.41) is 24.9. The van der Waals surface area contributed by atoms with Crippen LogP contribution < -0.4 is 4.74 Å². The van der Waals surface area contributed by atoms with Crippen LogP contribution in [0.2, 0.25) is 5.02 Å². The van der Waals surface area contributed by atoms with Gasteiger partial charge in [0.15, 0.2) is 5.78 Å². The number of hydrogen-bond donors (Lipinski definition) is 1.